The fraction of sp³-hybridized carbons (Fsp3) is 0.0820. The first-order chi connectivity index (χ1) is 29.8. The first kappa shape index (κ1) is 36.8. The molecule has 290 valence electrons. The van der Waals surface area contributed by atoms with Crippen LogP contribution in [0, 0.1) is 13.8 Å². The molecule has 1 aliphatic carbocycles. The van der Waals surface area contributed by atoms with Crippen LogP contribution in [0.5, 0.6) is 0 Å². The molecule has 11 rings (SSSR count). The summed E-state index contributed by atoms with van der Waals surface area (Å²) in [6.45, 7) is 9.22. The molecule has 0 heterocycles. The average Bonchev–Trinajstić information content (AvgIpc) is 3.53. The predicted molar refractivity (Wildman–Crippen MR) is 261 cm³/mol. The highest BCUT2D eigenvalue weighted by Gasteiger charge is 2.36. The molecule has 0 aromatic heterocycles. The zero-order valence-electron chi connectivity index (χ0n) is 35.1. The standard InChI is InChI=1S/C61H46/c1-39-15-11-25-55-51(39)21-13-23-53(55)49-33-45(41-17-7-5-8-18-41)31-47(35-49)43-27-29-57-58-30-28-44(38-60(58)61(3,4)59(57)37-43)48-32-46(42-19-9-6-10-20-42)34-50(36-48)54-24-14-22-52-40(2)16-12-26-56(52)54/h5-38H,1-4H3. The topological polar surface area (TPSA) is 0 Å². The summed E-state index contributed by atoms with van der Waals surface area (Å²) in [7, 11) is 0. The minimum absolute atomic E-state index is 0.198. The predicted octanol–water partition coefficient (Wildman–Crippen LogP) is 16.9. The second kappa shape index (κ2) is 14.5. The molecule has 0 saturated heterocycles. The Morgan fingerprint density at radius 3 is 1.03 bits per heavy atom. The van der Waals surface area contributed by atoms with Gasteiger partial charge in [0.2, 0.25) is 0 Å². The van der Waals surface area contributed by atoms with Crippen molar-refractivity contribution in [1.29, 1.82) is 0 Å². The molecular formula is C61H46. The lowest BCUT2D eigenvalue weighted by Gasteiger charge is -2.23. The van der Waals surface area contributed by atoms with Gasteiger partial charge in [0.05, 0.1) is 0 Å². The van der Waals surface area contributed by atoms with Crippen LogP contribution in [0.2, 0.25) is 0 Å². The summed E-state index contributed by atoms with van der Waals surface area (Å²) < 4.78 is 0. The first-order valence-corrected chi connectivity index (χ1v) is 21.5. The van der Waals surface area contributed by atoms with Gasteiger partial charge >= 0.3 is 0 Å². The van der Waals surface area contributed by atoms with Gasteiger partial charge in [0.25, 0.3) is 0 Å². The van der Waals surface area contributed by atoms with Crippen LogP contribution in [0.4, 0.5) is 0 Å². The Morgan fingerprint density at radius 1 is 0.246 bits per heavy atom. The number of aryl methyl sites for hydroxylation is 2. The smallest absolute Gasteiger partial charge is 0.0159 e. The van der Waals surface area contributed by atoms with Crippen LogP contribution >= 0.6 is 0 Å². The molecule has 0 aliphatic heterocycles. The molecule has 0 unspecified atom stereocenters. The Kier molecular flexibility index (Phi) is 8.72. The van der Waals surface area contributed by atoms with Crippen molar-refractivity contribution in [2.75, 3.05) is 0 Å². The molecule has 0 radical (unpaired) electrons. The van der Waals surface area contributed by atoms with Crippen molar-refractivity contribution in [1.82, 2.24) is 0 Å². The lowest BCUT2D eigenvalue weighted by atomic mass is 9.80. The second-order valence-corrected chi connectivity index (χ2v) is 17.4. The highest BCUT2D eigenvalue weighted by Crippen LogP contribution is 2.51. The van der Waals surface area contributed by atoms with Crippen LogP contribution < -0.4 is 0 Å². The van der Waals surface area contributed by atoms with Gasteiger partial charge in [-0.2, -0.15) is 0 Å². The number of rotatable bonds is 6. The van der Waals surface area contributed by atoms with E-state index in [9.17, 15) is 0 Å². The molecule has 1 aliphatic rings. The van der Waals surface area contributed by atoms with E-state index in [1.807, 2.05) is 0 Å². The van der Waals surface area contributed by atoms with Gasteiger partial charge in [-0.05, 0) is 184 Å². The van der Waals surface area contributed by atoms with E-state index in [2.05, 4.69) is 234 Å². The Morgan fingerprint density at radius 2 is 0.607 bits per heavy atom. The molecule has 10 aromatic rings. The summed E-state index contributed by atoms with van der Waals surface area (Å²) in [5, 5.41) is 5.17. The van der Waals surface area contributed by atoms with Crippen LogP contribution in [0.15, 0.2) is 206 Å². The number of hydrogen-bond donors (Lipinski definition) is 0. The highest BCUT2D eigenvalue weighted by atomic mass is 14.4. The number of benzene rings is 10. The zero-order chi connectivity index (χ0) is 41.2. The van der Waals surface area contributed by atoms with Gasteiger partial charge in [0, 0.05) is 5.41 Å². The van der Waals surface area contributed by atoms with Crippen LogP contribution in [-0.2, 0) is 5.41 Å². The summed E-state index contributed by atoms with van der Waals surface area (Å²) in [5.41, 5.74) is 22.6. The summed E-state index contributed by atoms with van der Waals surface area (Å²) in [4.78, 5) is 0. The molecule has 0 saturated carbocycles. The van der Waals surface area contributed by atoms with Crippen molar-refractivity contribution in [2.24, 2.45) is 0 Å². The summed E-state index contributed by atoms with van der Waals surface area (Å²) in [5.74, 6) is 0. The van der Waals surface area contributed by atoms with E-state index in [-0.39, 0.29) is 5.41 Å². The maximum atomic E-state index is 2.47. The van der Waals surface area contributed by atoms with E-state index in [0.29, 0.717) is 0 Å². The third kappa shape index (κ3) is 6.30. The SMILES string of the molecule is Cc1cccc2c(-c3cc(-c4ccccc4)cc(-c4ccc5c(c4)C(C)(C)c4cc(-c6cc(-c7ccccc7)cc(-c7cccc8c(C)cccc78)c6)ccc4-5)c3)cccc12. The Hall–Kier alpha value is -7.28. The van der Waals surface area contributed by atoms with Crippen molar-refractivity contribution < 1.29 is 0 Å². The van der Waals surface area contributed by atoms with E-state index in [1.165, 1.54) is 122 Å². The quantitative estimate of drug-likeness (QED) is 0.158. The van der Waals surface area contributed by atoms with Crippen molar-refractivity contribution in [3.63, 3.8) is 0 Å². The van der Waals surface area contributed by atoms with Crippen LogP contribution in [-0.4, -0.2) is 0 Å². The molecule has 0 N–H and O–H groups in total. The molecule has 0 atom stereocenters. The summed E-state index contributed by atoms with van der Waals surface area (Å²) in [6.07, 6.45) is 0. The van der Waals surface area contributed by atoms with Gasteiger partial charge in [-0.25, -0.2) is 0 Å². The Bertz CT molecular complexity index is 3100. The highest BCUT2D eigenvalue weighted by molar-refractivity contribution is 6.01. The second-order valence-electron chi connectivity index (χ2n) is 17.4. The largest absolute Gasteiger partial charge is 0.0622 e. The van der Waals surface area contributed by atoms with Crippen molar-refractivity contribution in [3.8, 4) is 77.9 Å². The number of hydrogen-bond acceptors (Lipinski definition) is 0. The summed E-state index contributed by atoms with van der Waals surface area (Å²) >= 11 is 0. The molecule has 0 bridgehead atoms. The van der Waals surface area contributed by atoms with Crippen molar-refractivity contribution in [2.45, 2.75) is 33.1 Å². The molecule has 0 heteroatoms. The van der Waals surface area contributed by atoms with Crippen LogP contribution in [0.1, 0.15) is 36.1 Å². The Balaban J connectivity index is 1.03. The van der Waals surface area contributed by atoms with Crippen molar-refractivity contribution >= 4 is 21.5 Å². The minimum Gasteiger partial charge on any atom is -0.0622 e. The normalized spacial score (nSPS) is 12.7. The zero-order valence-corrected chi connectivity index (χ0v) is 35.1. The fourth-order valence-electron chi connectivity index (χ4n) is 10.0. The average molecular weight is 779 g/mol. The molecule has 0 nitrogen and oxygen atoms in total. The first-order valence-electron chi connectivity index (χ1n) is 21.5. The lowest BCUT2D eigenvalue weighted by Crippen LogP contribution is -2.15. The van der Waals surface area contributed by atoms with E-state index in [0.717, 1.165) is 0 Å². The van der Waals surface area contributed by atoms with Crippen LogP contribution in [0.3, 0.4) is 0 Å². The maximum absolute atomic E-state index is 2.47. The monoisotopic (exact) mass is 778 g/mol. The Labute approximate surface area is 359 Å². The third-order valence-corrected chi connectivity index (χ3v) is 13.3. The van der Waals surface area contributed by atoms with E-state index in [4.69, 9.17) is 0 Å². The van der Waals surface area contributed by atoms with Gasteiger partial charge in [-0.3, -0.25) is 0 Å². The van der Waals surface area contributed by atoms with Gasteiger partial charge in [0.1, 0.15) is 0 Å². The molecule has 0 spiro atoms. The molecular weight excluding hydrogens is 733 g/mol. The van der Waals surface area contributed by atoms with Gasteiger partial charge < -0.3 is 0 Å². The maximum Gasteiger partial charge on any atom is 0.0159 e. The molecule has 10 aromatic carbocycles. The molecule has 0 fully saturated rings. The third-order valence-electron chi connectivity index (χ3n) is 13.3. The van der Waals surface area contributed by atoms with Gasteiger partial charge in [-0.15, -0.1) is 0 Å². The van der Waals surface area contributed by atoms with Crippen LogP contribution in [0.25, 0.3) is 99.4 Å². The molecule has 61 heavy (non-hydrogen) atoms. The van der Waals surface area contributed by atoms with E-state index >= 15 is 0 Å². The van der Waals surface area contributed by atoms with Gasteiger partial charge in [0.15, 0.2) is 0 Å². The lowest BCUT2D eigenvalue weighted by molar-refractivity contribution is 0.661. The minimum atomic E-state index is -0.198. The number of fused-ring (bicyclic) bond motifs is 5. The fourth-order valence-corrected chi connectivity index (χ4v) is 10.0. The van der Waals surface area contributed by atoms with Crippen molar-refractivity contribution in [3.05, 3.63) is 229 Å². The van der Waals surface area contributed by atoms with E-state index < -0.39 is 0 Å². The van der Waals surface area contributed by atoms with Gasteiger partial charge in [-0.1, -0.05) is 172 Å². The van der Waals surface area contributed by atoms with E-state index in [1.54, 1.807) is 0 Å². The molecule has 0 amide bonds. The summed E-state index contributed by atoms with van der Waals surface area (Å²) in [6, 6.07) is 76.9.